The average Bonchev–Trinajstić information content (AvgIpc) is 2.82. The maximum atomic E-state index is 4.68. The van der Waals surface area contributed by atoms with Crippen LogP contribution in [-0.2, 0) is 6.42 Å². The molecule has 3 aromatic rings. The summed E-state index contributed by atoms with van der Waals surface area (Å²) >= 11 is 1.79. The van der Waals surface area contributed by atoms with Gasteiger partial charge in [-0.1, -0.05) is 24.3 Å². The Hall–Kier alpha value is -1.87. The molecule has 0 spiro atoms. The third-order valence-corrected chi connectivity index (χ3v) is 4.13. The lowest BCUT2D eigenvalue weighted by Crippen LogP contribution is -2.04. The van der Waals surface area contributed by atoms with Crippen LogP contribution >= 0.6 is 11.3 Å². The van der Waals surface area contributed by atoms with Crippen LogP contribution in [0.25, 0.3) is 10.2 Å². The molecule has 0 saturated heterocycles. The molecule has 3 heteroatoms. The standard InChI is InChI=1S/C16H16N2S/c1-12-7-8-15-14(11-12)18-16(19-15)9-10-17-13-5-3-2-4-6-13/h2-8,11,17H,9-10H2,1H3. The minimum Gasteiger partial charge on any atom is -0.385 e. The normalized spacial score (nSPS) is 10.8. The van der Waals surface area contributed by atoms with Crippen molar-refractivity contribution in [1.82, 2.24) is 4.98 Å². The molecule has 0 bridgehead atoms. The second kappa shape index (κ2) is 5.41. The molecular weight excluding hydrogens is 252 g/mol. The molecule has 19 heavy (non-hydrogen) atoms. The number of thiazole rings is 1. The van der Waals surface area contributed by atoms with E-state index in [1.165, 1.54) is 21.0 Å². The highest BCUT2D eigenvalue weighted by atomic mass is 32.1. The molecule has 0 aliphatic heterocycles. The van der Waals surface area contributed by atoms with Gasteiger partial charge in [0.2, 0.25) is 0 Å². The zero-order valence-electron chi connectivity index (χ0n) is 10.9. The Kier molecular flexibility index (Phi) is 3.47. The highest BCUT2D eigenvalue weighted by Gasteiger charge is 2.03. The molecule has 96 valence electrons. The highest BCUT2D eigenvalue weighted by Crippen LogP contribution is 2.23. The summed E-state index contributed by atoms with van der Waals surface area (Å²) in [7, 11) is 0. The quantitative estimate of drug-likeness (QED) is 0.764. The lowest BCUT2D eigenvalue weighted by molar-refractivity contribution is 1.00. The molecule has 0 aliphatic carbocycles. The van der Waals surface area contributed by atoms with Gasteiger partial charge in [0.1, 0.15) is 0 Å². The molecule has 2 aromatic carbocycles. The second-order valence-corrected chi connectivity index (χ2v) is 5.74. The zero-order valence-corrected chi connectivity index (χ0v) is 11.7. The minimum absolute atomic E-state index is 0.919. The largest absolute Gasteiger partial charge is 0.385 e. The Balaban J connectivity index is 1.65. The average molecular weight is 268 g/mol. The first-order valence-corrected chi connectivity index (χ1v) is 7.28. The van der Waals surface area contributed by atoms with Crippen molar-refractivity contribution in [3.05, 3.63) is 59.1 Å². The first kappa shape index (κ1) is 12.2. The predicted octanol–water partition coefficient (Wildman–Crippen LogP) is 4.26. The van der Waals surface area contributed by atoms with Crippen molar-refractivity contribution in [2.45, 2.75) is 13.3 Å². The van der Waals surface area contributed by atoms with Crippen LogP contribution in [0.3, 0.4) is 0 Å². The summed E-state index contributed by atoms with van der Waals surface area (Å²) in [5, 5.41) is 4.61. The monoisotopic (exact) mass is 268 g/mol. The van der Waals surface area contributed by atoms with E-state index in [1.54, 1.807) is 11.3 Å². The number of fused-ring (bicyclic) bond motifs is 1. The van der Waals surface area contributed by atoms with Crippen LogP contribution in [0.1, 0.15) is 10.6 Å². The molecular formula is C16H16N2S. The van der Waals surface area contributed by atoms with Gasteiger partial charge in [0, 0.05) is 18.7 Å². The fourth-order valence-electron chi connectivity index (χ4n) is 2.06. The number of hydrogen-bond acceptors (Lipinski definition) is 3. The molecule has 0 unspecified atom stereocenters. The molecule has 0 saturated carbocycles. The number of aromatic nitrogens is 1. The van der Waals surface area contributed by atoms with Crippen molar-refractivity contribution in [3.63, 3.8) is 0 Å². The third kappa shape index (κ3) is 2.93. The first-order valence-electron chi connectivity index (χ1n) is 6.46. The fourth-order valence-corrected chi connectivity index (χ4v) is 3.01. The SMILES string of the molecule is Cc1ccc2sc(CCNc3ccccc3)nc2c1. The van der Waals surface area contributed by atoms with Crippen LogP contribution in [0.5, 0.6) is 0 Å². The third-order valence-electron chi connectivity index (χ3n) is 3.03. The highest BCUT2D eigenvalue weighted by molar-refractivity contribution is 7.18. The smallest absolute Gasteiger partial charge is 0.0956 e. The number of nitrogens with one attached hydrogen (secondary N) is 1. The van der Waals surface area contributed by atoms with Crippen LogP contribution < -0.4 is 5.32 Å². The summed E-state index contributed by atoms with van der Waals surface area (Å²) in [4.78, 5) is 4.68. The number of rotatable bonds is 4. The van der Waals surface area contributed by atoms with Gasteiger partial charge >= 0.3 is 0 Å². The molecule has 1 N–H and O–H groups in total. The van der Waals surface area contributed by atoms with Crippen molar-refractivity contribution in [1.29, 1.82) is 0 Å². The van der Waals surface area contributed by atoms with E-state index in [4.69, 9.17) is 0 Å². The van der Waals surface area contributed by atoms with E-state index in [1.807, 2.05) is 18.2 Å². The van der Waals surface area contributed by atoms with E-state index in [0.717, 1.165) is 18.5 Å². The fraction of sp³-hybridized carbons (Fsp3) is 0.188. The van der Waals surface area contributed by atoms with Crippen LogP contribution in [0, 0.1) is 6.92 Å². The number of hydrogen-bond donors (Lipinski definition) is 1. The molecule has 3 rings (SSSR count). The van der Waals surface area contributed by atoms with Crippen molar-refractivity contribution in [3.8, 4) is 0 Å². The second-order valence-electron chi connectivity index (χ2n) is 4.62. The van der Waals surface area contributed by atoms with Gasteiger partial charge in [0.15, 0.2) is 0 Å². The molecule has 0 radical (unpaired) electrons. The molecule has 0 atom stereocenters. The molecule has 0 fully saturated rings. The first-order chi connectivity index (χ1) is 9.31. The van der Waals surface area contributed by atoms with E-state index in [2.05, 4.69) is 47.6 Å². The Morgan fingerprint density at radius 1 is 1.11 bits per heavy atom. The van der Waals surface area contributed by atoms with Crippen LogP contribution in [0.4, 0.5) is 5.69 Å². The van der Waals surface area contributed by atoms with E-state index >= 15 is 0 Å². The minimum atomic E-state index is 0.919. The summed E-state index contributed by atoms with van der Waals surface area (Å²) in [6, 6.07) is 16.7. The van der Waals surface area contributed by atoms with Crippen molar-refractivity contribution < 1.29 is 0 Å². The lowest BCUT2D eigenvalue weighted by Gasteiger charge is -2.03. The van der Waals surface area contributed by atoms with E-state index in [9.17, 15) is 0 Å². The zero-order chi connectivity index (χ0) is 13.1. The van der Waals surface area contributed by atoms with E-state index in [0.29, 0.717) is 0 Å². The van der Waals surface area contributed by atoms with Gasteiger partial charge in [-0.05, 0) is 36.8 Å². The summed E-state index contributed by atoms with van der Waals surface area (Å²) in [6.07, 6.45) is 0.966. The van der Waals surface area contributed by atoms with Gasteiger partial charge in [-0.2, -0.15) is 0 Å². The summed E-state index contributed by atoms with van der Waals surface area (Å²) in [5.74, 6) is 0. The number of para-hydroxylation sites is 1. The molecule has 0 aliphatic rings. The van der Waals surface area contributed by atoms with Crippen molar-refractivity contribution in [2.75, 3.05) is 11.9 Å². The molecule has 2 nitrogen and oxygen atoms in total. The summed E-state index contributed by atoms with van der Waals surface area (Å²) < 4.78 is 1.28. The Morgan fingerprint density at radius 2 is 1.95 bits per heavy atom. The van der Waals surface area contributed by atoms with E-state index in [-0.39, 0.29) is 0 Å². The van der Waals surface area contributed by atoms with Crippen LogP contribution in [0.15, 0.2) is 48.5 Å². The number of anilines is 1. The molecule has 1 aromatic heterocycles. The lowest BCUT2D eigenvalue weighted by atomic mass is 10.2. The van der Waals surface area contributed by atoms with Gasteiger partial charge in [-0.25, -0.2) is 4.98 Å². The predicted molar refractivity (Wildman–Crippen MR) is 83.0 cm³/mol. The van der Waals surface area contributed by atoms with Gasteiger partial charge < -0.3 is 5.32 Å². The van der Waals surface area contributed by atoms with Gasteiger partial charge in [-0.3, -0.25) is 0 Å². The Labute approximate surface area is 117 Å². The number of nitrogens with zero attached hydrogens (tertiary/aromatic N) is 1. The number of benzene rings is 2. The summed E-state index contributed by atoms with van der Waals surface area (Å²) in [5.41, 5.74) is 3.56. The van der Waals surface area contributed by atoms with Crippen molar-refractivity contribution in [2.24, 2.45) is 0 Å². The van der Waals surface area contributed by atoms with Gasteiger partial charge in [0.05, 0.1) is 15.2 Å². The molecule has 0 amide bonds. The summed E-state index contributed by atoms with van der Waals surface area (Å²) in [6.45, 7) is 3.03. The number of aryl methyl sites for hydroxylation is 1. The molecule has 1 heterocycles. The van der Waals surface area contributed by atoms with Gasteiger partial charge in [0.25, 0.3) is 0 Å². The van der Waals surface area contributed by atoms with Crippen LogP contribution in [0.2, 0.25) is 0 Å². The van der Waals surface area contributed by atoms with Gasteiger partial charge in [-0.15, -0.1) is 11.3 Å². The topological polar surface area (TPSA) is 24.9 Å². The van der Waals surface area contributed by atoms with E-state index < -0.39 is 0 Å². The maximum Gasteiger partial charge on any atom is 0.0956 e. The van der Waals surface area contributed by atoms with Crippen molar-refractivity contribution >= 4 is 27.2 Å². The Morgan fingerprint density at radius 3 is 2.79 bits per heavy atom. The Bertz CT molecular complexity index is 674. The maximum absolute atomic E-state index is 4.68. The van der Waals surface area contributed by atoms with Crippen LogP contribution in [-0.4, -0.2) is 11.5 Å².